The van der Waals surface area contributed by atoms with E-state index in [2.05, 4.69) is 5.32 Å². The topological polar surface area (TPSA) is 21.3 Å². The summed E-state index contributed by atoms with van der Waals surface area (Å²) in [6.45, 7) is 2.51. The quantitative estimate of drug-likeness (QED) is 0.743. The number of hydrogen-bond donors (Lipinski definition) is 1. The number of benzene rings is 1. The van der Waals surface area contributed by atoms with E-state index in [0.29, 0.717) is 24.1 Å². The molecule has 1 fully saturated rings. The van der Waals surface area contributed by atoms with E-state index in [1.54, 1.807) is 0 Å². The minimum Gasteiger partial charge on any atom is -0.372 e. The molecule has 1 N–H and O–H groups in total. The second-order valence-electron chi connectivity index (χ2n) is 5.10. The molecule has 0 unspecified atom stereocenters. The van der Waals surface area contributed by atoms with Crippen molar-refractivity contribution in [3.05, 3.63) is 34.6 Å². The van der Waals surface area contributed by atoms with E-state index < -0.39 is 17.6 Å². The van der Waals surface area contributed by atoms with Gasteiger partial charge in [-0.15, -0.1) is 12.4 Å². The average molecular weight is 312 g/mol. The third-order valence-corrected chi connectivity index (χ3v) is 3.69. The van der Waals surface area contributed by atoms with Crippen LogP contribution in [-0.4, -0.2) is 18.8 Å². The molecule has 2 nitrogen and oxygen atoms in total. The molecule has 1 aromatic carbocycles. The van der Waals surface area contributed by atoms with Crippen molar-refractivity contribution >= 4 is 12.4 Å². The van der Waals surface area contributed by atoms with Crippen molar-refractivity contribution in [2.45, 2.75) is 37.8 Å². The van der Waals surface area contributed by atoms with Gasteiger partial charge in [0.25, 0.3) is 0 Å². The van der Waals surface area contributed by atoms with Crippen molar-refractivity contribution in [1.29, 1.82) is 0 Å². The molecule has 0 spiro atoms. The summed E-state index contributed by atoms with van der Waals surface area (Å²) < 4.78 is 57.3. The van der Waals surface area contributed by atoms with Gasteiger partial charge in [0.05, 0.1) is 23.8 Å². The average Bonchev–Trinajstić information content (AvgIpc) is 2.63. The molecular formula is C13H14ClF4NO. The van der Waals surface area contributed by atoms with E-state index in [1.807, 2.05) is 6.92 Å². The summed E-state index contributed by atoms with van der Waals surface area (Å²) in [7, 11) is 0. The highest BCUT2D eigenvalue weighted by atomic mass is 35.5. The highest BCUT2D eigenvalue weighted by Gasteiger charge is 2.41. The molecule has 1 aromatic rings. The van der Waals surface area contributed by atoms with Crippen molar-refractivity contribution < 1.29 is 22.3 Å². The fourth-order valence-electron chi connectivity index (χ4n) is 2.86. The Balaban J connectivity index is 0.00000147. The lowest BCUT2D eigenvalue weighted by Gasteiger charge is -2.32. The third-order valence-electron chi connectivity index (χ3n) is 3.69. The molecule has 1 saturated heterocycles. The van der Waals surface area contributed by atoms with Crippen LogP contribution in [0.5, 0.6) is 0 Å². The van der Waals surface area contributed by atoms with Gasteiger partial charge in [0, 0.05) is 13.0 Å². The number of halogens is 5. The zero-order chi connectivity index (χ0) is 13.8. The Morgan fingerprint density at radius 3 is 2.65 bits per heavy atom. The minimum atomic E-state index is -4.66. The van der Waals surface area contributed by atoms with Crippen LogP contribution in [0, 0.1) is 5.82 Å². The van der Waals surface area contributed by atoms with E-state index in [9.17, 15) is 17.6 Å². The van der Waals surface area contributed by atoms with Crippen LogP contribution in [-0.2, 0) is 17.3 Å². The van der Waals surface area contributed by atoms with Gasteiger partial charge >= 0.3 is 6.18 Å². The molecule has 1 aliphatic heterocycles. The Kier molecular flexibility index (Phi) is 4.01. The number of alkyl halides is 3. The molecule has 3 atom stereocenters. The van der Waals surface area contributed by atoms with Crippen LogP contribution < -0.4 is 5.32 Å². The van der Waals surface area contributed by atoms with Gasteiger partial charge in [-0.25, -0.2) is 4.39 Å². The van der Waals surface area contributed by atoms with Crippen LogP contribution in [0.1, 0.15) is 29.7 Å². The lowest BCUT2D eigenvalue weighted by atomic mass is 10.0. The zero-order valence-electron chi connectivity index (χ0n) is 10.6. The first-order valence-corrected chi connectivity index (χ1v) is 6.14. The monoisotopic (exact) mass is 311 g/mol. The van der Waals surface area contributed by atoms with Crippen LogP contribution in [0.3, 0.4) is 0 Å². The Hall–Kier alpha value is -0.850. The summed E-state index contributed by atoms with van der Waals surface area (Å²) in [5, 5.41) is 3.20. The molecule has 112 valence electrons. The first-order chi connectivity index (χ1) is 8.86. The molecule has 0 bridgehead atoms. The van der Waals surface area contributed by atoms with E-state index in [4.69, 9.17) is 4.74 Å². The van der Waals surface area contributed by atoms with Gasteiger partial charge < -0.3 is 10.1 Å². The lowest BCUT2D eigenvalue weighted by molar-refractivity contribution is -0.140. The van der Waals surface area contributed by atoms with Crippen LogP contribution in [0.25, 0.3) is 0 Å². The second-order valence-corrected chi connectivity index (χ2v) is 5.10. The van der Waals surface area contributed by atoms with Crippen molar-refractivity contribution in [2.24, 2.45) is 0 Å². The van der Waals surface area contributed by atoms with Gasteiger partial charge in [-0.3, -0.25) is 0 Å². The molecule has 0 radical (unpaired) electrons. The molecule has 20 heavy (non-hydrogen) atoms. The fraction of sp³-hybridized carbons (Fsp3) is 0.538. The summed E-state index contributed by atoms with van der Waals surface area (Å²) in [5.74, 6) is -1.22. The van der Waals surface area contributed by atoms with Crippen LogP contribution >= 0.6 is 12.4 Å². The predicted octanol–water partition coefficient (Wildman–Crippen LogP) is 3.24. The largest absolute Gasteiger partial charge is 0.419 e. The van der Waals surface area contributed by atoms with E-state index in [-0.39, 0.29) is 30.7 Å². The van der Waals surface area contributed by atoms with Crippen molar-refractivity contribution in [3.63, 3.8) is 0 Å². The standard InChI is InChI=1S/C13H13F4NO.ClH/c1-6-5-18-12-8-4-10(14)9(13(15,16)17)2-7(8)3-11(12)19-6;/h2,4,6,11-12,18H,3,5H2,1H3;1H/t6-,11-,12+;/m1./s1. The highest BCUT2D eigenvalue weighted by Crippen LogP contribution is 2.40. The number of morpholine rings is 1. The fourth-order valence-corrected chi connectivity index (χ4v) is 2.86. The van der Waals surface area contributed by atoms with Crippen molar-refractivity contribution in [3.8, 4) is 0 Å². The SMILES string of the molecule is C[C@@H]1CN[C@H]2c3cc(F)c(C(F)(F)F)cc3C[C@H]2O1.Cl. The molecular weight excluding hydrogens is 298 g/mol. The second kappa shape index (κ2) is 5.16. The number of rotatable bonds is 0. The normalized spacial score (nSPS) is 28.6. The van der Waals surface area contributed by atoms with Gasteiger partial charge in [0.15, 0.2) is 0 Å². The van der Waals surface area contributed by atoms with Gasteiger partial charge in [0.2, 0.25) is 0 Å². The number of ether oxygens (including phenoxy) is 1. The highest BCUT2D eigenvalue weighted by molar-refractivity contribution is 5.85. The Bertz CT molecular complexity index is 520. The summed E-state index contributed by atoms with van der Waals surface area (Å²) in [5.41, 5.74) is -0.0920. The smallest absolute Gasteiger partial charge is 0.372 e. The summed E-state index contributed by atoms with van der Waals surface area (Å²) in [6, 6.07) is 1.71. The maximum absolute atomic E-state index is 13.6. The molecule has 0 saturated carbocycles. The number of nitrogens with one attached hydrogen (secondary N) is 1. The minimum absolute atomic E-state index is 0. The predicted molar refractivity (Wildman–Crippen MR) is 67.4 cm³/mol. The number of hydrogen-bond acceptors (Lipinski definition) is 2. The molecule has 3 rings (SSSR count). The Labute approximate surface area is 119 Å². The molecule has 7 heteroatoms. The first-order valence-electron chi connectivity index (χ1n) is 6.14. The summed E-state index contributed by atoms with van der Waals surface area (Å²) in [4.78, 5) is 0. The maximum atomic E-state index is 13.6. The molecule has 1 aliphatic carbocycles. The van der Waals surface area contributed by atoms with Gasteiger partial charge in [-0.05, 0) is 30.2 Å². The molecule has 2 aliphatic rings. The first kappa shape index (κ1) is 15.5. The lowest BCUT2D eigenvalue weighted by Crippen LogP contribution is -2.44. The van der Waals surface area contributed by atoms with E-state index in [0.717, 1.165) is 12.1 Å². The maximum Gasteiger partial charge on any atom is 0.419 e. The van der Waals surface area contributed by atoms with Crippen LogP contribution in [0.2, 0.25) is 0 Å². The zero-order valence-corrected chi connectivity index (χ0v) is 11.4. The van der Waals surface area contributed by atoms with Crippen molar-refractivity contribution in [1.82, 2.24) is 5.32 Å². The summed E-state index contributed by atoms with van der Waals surface area (Å²) >= 11 is 0. The van der Waals surface area contributed by atoms with E-state index in [1.165, 1.54) is 0 Å². The molecule has 0 aromatic heterocycles. The number of fused-ring (bicyclic) bond motifs is 3. The van der Waals surface area contributed by atoms with E-state index >= 15 is 0 Å². The van der Waals surface area contributed by atoms with Crippen molar-refractivity contribution in [2.75, 3.05) is 6.54 Å². The van der Waals surface area contributed by atoms with Gasteiger partial charge in [0.1, 0.15) is 5.82 Å². The Morgan fingerprint density at radius 2 is 2.00 bits per heavy atom. The Morgan fingerprint density at radius 1 is 1.30 bits per heavy atom. The third kappa shape index (κ3) is 2.52. The molecule has 1 heterocycles. The van der Waals surface area contributed by atoms with Crippen LogP contribution in [0.15, 0.2) is 12.1 Å². The summed E-state index contributed by atoms with van der Waals surface area (Å²) in [6.07, 6.45) is -4.46. The van der Waals surface area contributed by atoms with Gasteiger partial charge in [-0.1, -0.05) is 0 Å². The molecule has 0 amide bonds. The van der Waals surface area contributed by atoms with Crippen LogP contribution in [0.4, 0.5) is 17.6 Å². The van der Waals surface area contributed by atoms with Gasteiger partial charge in [-0.2, -0.15) is 13.2 Å².